The van der Waals surface area contributed by atoms with Gasteiger partial charge in [0.2, 0.25) is 5.82 Å². The van der Waals surface area contributed by atoms with Gasteiger partial charge in [0, 0.05) is 24.9 Å². The summed E-state index contributed by atoms with van der Waals surface area (Å²) in [5.41, 5.74) is 6.78. The zero-order chi connectivity index (χ0) is 14.0. The van der Waals surface area contributed by atoms with Crippen molar-refractivity contribution in [3.05, 3.63) is 29.8 Å². The Bertz CT molecular complexity index is 590. The van der Waals surface area contributed by atoms with Crippen LogP contribution < -0.4 is 5.73 Å². The van der Waals surface area contributed by atoms with E-state index in [4.69, 9.17) is 15.0 Å². The molecular weight excluding hydrogens is 256 g/mol. The highest BCUT2D eigenvalue weighted by molar-refractivity contribution is 5.52. The van der Waals surface area contributed by atoms with Gasteiger partial charge in [0.05, 0.1) is 5.69 Å². The molecular formula is C14H18N4O2. The summed E-state index contributed by atoms with van der Waals surface area (Å²) in [5.74, 6) is 1.09. The quantitative estimate of drug-likeness (QED) is 0.921. The van der Waals surface area contributed by atoms with Crippen molar-refractivity contribution >= 4 is 0 Å². The minimum absolute atomic E-state index is 0.385. The van der Waals surface area contributed by atoms with E-state index in [1.54, 1.807) is 6.20 Å². The monoisotopic (exact) mass is 274 g/mol. The smallest absolute Gasteiger partial charge is 0.258 e. The molecule has 1 aliphatic heterocycles. The van der Waals surface area contributed by atoms with Crippen LogP contribution in [-0.4, -0.2) is 21.7 Å². The van der Waals surface area contributed by atoms with Gasteiger partial charge in [-0.25, -0.2) is 0 Å². The summed E-state index contributed by atoms with van der Waals surface area (Å²) in [4.78, 5) is 8.63. The van der Waals surface area contributed by atoms with Crippen molar-refractivity contribution in [1.29, 1.82) is 0 Å². The summed E-state index contributed by atoms with van der Waals surface area (Å²) in [6, 6.07) is 3.70. The Balaban J connectivity index is 1.89. The summed E-state index contributed by atoms with van der Waals surface area (Å²) in [7, 11) is 0. The number of nitrogens with zero attached hydrogens (tertiary/aromatic N) is 3. The first kappa shape index (κ1) is 13.2. The third-order valence-electron chi connectivity index (χ3n) is 3.64. The SMILES string of the molecule is CC1(c2noc(-c3ccnc(CN)c3)n2)CCCCO1. The average molecular weight is 274 g/mol. The molecule has 20 heavy (non-hydrogen) atoms. The number of nitrogens with two attached hydrogens (primary N) is 1. The number of ether oxygens (including phenoxy) is 1. The second kappa shape index (κ2) is 5.30. The molecule has 3 rings (SSSR count). The Kier molecular flexibility index (Phi) is 3.50. The normalized spacial score (nSPS) is 22.9. The molecule has 2 N–H and O–H groups in total. The fourth-order valence-corrected chi connectivity index (χ4v) is 2.39. The zero-order valence-electron chi connectivity index (χ0n) is 11.5. The van der Waals surface area contributed by atoms with Crippen molar-refractivity contribution in [3.63, 3.8) is 0 Å². The summed E-state index contributed by atoms with van der Waals surface area (Å²) in [5, 5.41) is 4.08. The molecule has 3 heterocycles. The van der Waals surface area contributed by atoms with Crippen LogP contribution in [0.5, 0.6) is 0 Å². The first-order valence-corrected chi connectivity index (χ1v) is 6.85. The van der Waals surface area contributed by atoms with Crippen LogP contribution in [0.1, 0.15) is 37.7 Å². The Morgan fingerprint density at radius 3 is 3.05 bits per heavy atom. The van der Waals surface area contributed by atoms with Gasteiger partial charge in [-0.2, -0.15) is 4.98 Å². The molecule has 6 heteroatoms. The van der Waals surface area contributed by atoms with E-state index in [-0.39, 0.29) is 0 Å². The van der Waals surface area contributed by atoms with E-state index in [1.807, 2.05) is 19.1 Å². The molecule has 1 saturated heterocycles. The van der Waals surface area contributed by atoms with E-state index < -0.39 is 5.60 Å². The lowest BCUT2D eigenvalue weighted by atomic mass is 9.95. The van der Waals surface area contributed by atoms with E-state index in [1.165, 1.54) is 0 Å². The maximum Gasteiger partial charge on any atom is 0.258 e. The Hall–Kier alpha value is -1.79. The standard InChI is InChI=1S/C14H18N4O2/c1-14(5-2-3-7-19-14)13-17-12(20-18-13)10-4-6-16-11(8-10)9-15/h4,6,8H,2-3,5,7,9,15H2,1H3. The van der Waals surface area contributed by atoms with Gasteiger partial charge in [-0.1, -0.05) is 5.16 Å². The van der Waals surface area contributed by atoms with Crippen LogP contribution in [0.25, 0.3) is 11.5 Å². The molecule has 0 radical (unpaired) electrons. The lowest BCUT2D eigenvalue weighted by Gasteiger charge is -2.30. The zero-order valence-corrected chi connectivity index (χ0v) is 11.5. The lowest BCUT2D eigenvalue weighted by Crippen LogP contribution is -2.31. The molecule has 0 spiro atoms. The molecule has 0 amide bonds. The topological polar surface area (TPSA) is 87.1 Å². The Morgan fingerprint density at radius 2 is 2.30 bits per heavy atom. The predicted octanol–water partition coefficient (Wildman–Crippen LogP) is 2.01. The van der Waals surface area contributed by atoms with Crippen LogP contribution in [0.15, 0.2) is 22.9 Å². The van der Waals surface area contributed by atoms with Gasteiger partial charge >= 0.3 is 0 Å². The molecule has 0 saturated carbocycles. The fraction of sp³-hybridized carbons (Fsp3) is 0.500. The average Bonchev–Trinajstić information content (AvgIpc) is 2.99. The molecule has 1 unspecified atom stereocenters. The summed E-state index contributed by atoms with van der Waals surface area (Å²) < 4.78 is 11.2. The number of rotatable bonds is 3. The molecule has 106 valence electrons. The van der Waals surface area contributed by atoms with Gasteiger partial charge in [-0.05, 0) is 38.3 Å². The van der Waals surface area contributed by atoms with Crippen molar-refractivity contribution in [1.82, 2.24) is 15.1 Å². The summed E-state index contributed by atoms with van der Waals surface area (Å²) in [6.45, 7) is 3.14. The summed E-state index contributed by atoms with van der Waals surface area (Å²) in [6.07, 6.45) is 4.81. The number of hydrogen-bond donors (Lipinski definition) is 1. The van der Waals surface area contributed by atoms with Crippen LogP contribution in [0, 0.1) is 0 Å². The number of aromatic nitrogens is 3. The molecule has 0 aliphatic carbocycles. The van der Waals surface area contributed by atoms with E-state index in [2.05, 4.69) is 15.1 Å². The highest BCUT2D eigenvalue weighted by Gasteiger charge is 2.35. The molecule has 6 nitrogen and oxygen atoms in total. The molecule has 1 fully saturated rings. The Morgan fingerprint density at radius 1 is 1.40 bits per heavy atom. The first-order valence-electron chi connectivity index (χ1n) is 6.85. The second-order valence-electron chi connectivity index (χ2n) is 5.20. The van der Waals surface area contributed by atoms with E-state index in [0.29, 0.717) is 18.3 Å². The van der Waals surface area contributed by atoms with Gasteiger partial charge in [-0.3, -0.25) is 4.98 Å². The van der Waals surface area contributed by atoms with Crippen molar-refractivity contribution in [2.45, 2.75) is 38.3 Å². The number of pyridine rings is 1. The fourth-order valence-electron chi connectivity index (χ4n) is 2.39. The molecule has 0 bridgehead atoms. The highest BCUT2D eigenvalue weighted by atomic mass is 16.5. The van der Waals surface area contributed by atoms with Crippen LogP contribution in [0.2, 0.25) is 0 Å². The van der Waals surface area contributed by atoms with Crippen molar-refractivity contribution in [2.75, 3.05) is 6.61 Å². The van der Waals surface area contributed by atoms with Gasteiger partial charge in [0.1, 0.15) is 5.60 Å². The minimum Gasteiger partial charge on any atom is -0.367 e. The molecule has 2 aromatic rings. The van der Waals surface area contributed by atoms with Crippen LogP contribution >= 0.6 is 0 Å². The molecule has 1 atom stereocenters. The second-order valence-corrected chi connectivity index (χ2v) is 5.20. The lowest BCUT2D eigenvalue weighted by molar-refractivity contribution is -0.0770. The minimum atomic E-state index is -0.441. The first-order chi connectivity index (χ1) is 9.71. The number of hydrogen-bond acceptors (Lipinski definition) is 6. The van der Waals surface area contributed by atoms with Crippen LogP contribution in [0.4, 0.5) is 0 Å². The maximum atomic E-state index is 5.83. The van der Waals surface area contributed by atoms with Crippen LogP contribution in [-0.2, 0) is 16.9 Å². The van der Waals surface area contributed by atoms with Crippen molar-refractivity contribution in [2.24, 2.45) is 5.73 Å². The van der Waals surface area contributed by atoms with Crippen molar-refractivity contribution < 1.29 is 9.26 Å². The molecule has 0 aromatic carbocycles. The van der Waals surface area contributed by atoms with E-state index in [9.17, 15) is 0 Å². The molecule has 1 aliphatic rings. The van der Waals surface area contributed by atoms with Crippen molar-refractivity contribution in [3.8, 4) is 11.5 Å². The van der Waals surface area contributed by atoms with Crippen LogP contribution in [0.3, 0.4) is 0 Å². The largest absolute Gasteiger partial charge is 0.367 e. The van der Waals surface area contributed by atoms with E-state index in [0.717, 1.165) is 37.1 Å². The van der Waals surface area contributed by atoms with E-state index >= 15 is 0 Å². The van der Waals surface area contributed by atoms with Gasteiger partial charge in [-0.15, -0.1) is 0 Å². The maximum absolute atomic E-state index is 5.83. The van der Waals surface area contributed by atoms with Gasteiger partial charge < -0.3 is 15.0 Å². The highest BCUT2D eigenvalue weighted by Crippen LogP contribution is 2.33. The molecule has 2 aromatic heterocycles. The third kappa shape index (κ3) is 2.44. The summed E-state index contributed by atoms with van der Waals surface area (Å²) >= 11 is 0. The third-order valence-corrected chi connectivity index (χ3v) is 3.64. The predicted molar refractivity (Wildman–Crippen MR) is 72.6 cm³/mol. The van der Waals surface area contributed by atoms with Gasteiger partial charge in [0.25, 0.3) is 5.89 Å². The van der Waals surface area contributed by atoms with Gasteiger partial charge in [0.15, 0.2) is 0 Å². The Labute approximate surface area is 117 Å².